The number of carbonyl (C=O) groups is 1. The number of nitrogens with one attached hydrogen (secondary N) is 1. The second-order valence-corrected chi connectivity index (χ2v) is 5.47. The molecule has 1 rings (SSSR count). The lowest BCUT2D eigenvalue weighted by Crippen LogP contribution is -2.20. The molecule has 0 saturated carbocycles. The van der Waals surface area contributed by atoms with Gasteiger partial charge in [0, 0.05) is 41.0 Å². The molecule has 1 aromatic heterocycles. The van der Waals surface area contributed by atoms with Crippen molar-refractivity contribution in [3.63, 3.8) is 0 Å². The third-order valence-electron chi connectivity index (χ3n) is 2.38. The fourth-order valence-corrected chi connectivity index (χ4v) is 2.01. The van der Waals surface area contributed by atoms with Crippen LogP contribution in [0.1, 0.15) is 28.8 Å². The number of aryl methyl sites for hydroxylation is 1. The second-order valence-electron chi connectivity index (χ2n) is 3.61. The van der Waals surface area contributed by atoms with Crippen LogP contribution >= 0.6 is 0 Å². The highest BCUT2D eigenvalue weighted by atomic mass is 32.2. The van der Waals surface area contributed by atoms with Gasteiger partial charge in [0.25, 0.3) is 0 Å². The molecule has 96 valence electrons. The monoisotopic (exact) mass is 259 g/mol. The number of rotatable bonds is 7. The normalized spacial score (nSPS) is 12.6. The zero-order valence-electron chi connectivity index (χ0n) is 9.99. The third kappa shape index (κ3) is 4.32. The standard InChI is InChI=1S/C11H17NO4S/c1-3-17(15)5-4-12-7-9-6-10(11(13)14)16-8(9)2/h6,12H,3-5,7H2,1-2H3,(H,13,14). The fourth-order valence-electron chi connectivity index (χ4n) is 1.35. The third-order valence-corrected chi connectivity index (χ3v) is 3.68. The van der Waals surface area contributed by atoms with Gasteiger partial charge >= 0.3 is 5.97 Å². The molecule has 0 fully saturated rings. The van der Waals surface area contributed by atoms with Crippen LogP contribution in [0.5, 0.6) is 0 Å². The molecule has 0 amide bonds. The molecule has 0 aliphatic heterocycles. The molecular weight excluding hydrogens is 242 g/mol. The first-order chi connectivity index (χ1) is 8.04. The summed E-state index contributed by atoms with van der Waals surface area (Å²) in [6.45, 7) is 4.79. The molecule has 0 bridgehead atoms. The maximum Gasteiger partial charge on any atom is 0.371 e. The summed E-state index contributed by atoms with van der Waals surface area (Å²) in [5.41, 5.74) is 0.824. The predicted octanol–water partition coefficient (Wildman–Crippen LogP) is 1.14. The van der Waals surface area contributed by atoms with Crippen molar-refractivity contribution in [2.24, 2.45) is 0 Å². The van der Waals surface area contributed by atoms with Gasteiger partial charge in [-0.15, -0.1) is 0 Å². The Labute approximate surface area is 103 Å². The van der Waals surface area contributed by atoms with E-state index in [0.717, 1.165) is 5.56 Å². The molecule has 1 atom stereocenters. The van der Waals surface area contributed by atoms with Crippen LogP contribution in [0.15, 0.2) is 10.5 Å². The van der Waals surface area contributed by atoms with Crippen LogP contribution in [0, 0.1) is 6.92 Å². The summed E-state index contributed by atoms with van der Waals surface area (Å²) < 4.78 is 16.2. The highest BCUT2D eigenvalue weighted by Gasteiger charge is 2.12. The molecule has 1 unspecified atom stereocenters. The Kier molecular flexibility index (Phi) is 5.37. The van der Waals surface area contributed by atoms with Crippen molar-refractivity contribution in [2.45, 2.75) is 20.4 Å². The Balaban J connectivity index is 2.41. The van der Waals surface area contributed by atoms with Gasteiger partial charge in [-0.1, -0.05) is 6.92 Å². The summed E-state index contributed by atoms with van der Waals surface area (Å²) in [4.78, 5) is 10.7. The Morgan fingerprint density at radius 3 is 2.82 bits per heavy atom. The van der Waals surface area contributed by atoms with Crippen LogP contribution in [-0.4, -0.2) is 33.3 Å². The summed E-state index contributed by atoms with van der Waals surface area (Å²) in [5, 5.41) is 11.9. The number of carboxylic acid groups (broad SMARTS) is 1. The predicted molar refractivity (Wildman–Crippen MR) is 65.7 cm³/mol. The van der Waals surface area contributed by atoms with Gasteiger partial charge in [0.15, 0.2) is 0 Å². The first-order valence-electron chi connectivity index (χ1n) is 5.43. The van der Waals surface area contributed by atoms with E-state index in [9.17, 15) is 9.00 Å². The van der Waals surface area contributed by atoms with E-state index in [1.54, 1.807) is 6.92 Å². The van der Waals surface area contributed by atoms with Crippen LogP contribution in [0.4, 0.5) is 0 Å². The lowest BCUT2D eigenvalue weighted by atomic mass is 10.2. The van der Waals surface area contributed by atoms with Crippen molar-refractivity contribution in [2.75, 3.05) is 18.1 Å². The van der Waals surface area contributed by atoms with Crippen molar-refractivity contribution in [3.8, 4) is 0 Å². The number of hydrogen-bond acceptors (Lipinski definition) is 4. The van der Waals surface area contributed by atoms with E-state index in [0.29, 0.717) is 30.4 Å². The minimum absolute atomic E-state index is 0.0450. The van der Waals surface area contributed by atoms with Crippen molar-refractivity contribution in [1.29, 1.82) is 0 Å². The Morgan fingerprint density at radius 2 is 2.29 bits per heavy atom. The number of carboxylic acids is 1. The van der Waals surface area contributed by atoms with Crippen LogP contribution in [0.25, 0.3) is 0 Å². The van der Waals surface area contributed by atoms with Gasteiger partial charge in [0.05, 0.1) is 0 Å². The smallest absolute Gasteiger partial charge is 0.371 e. The topological polar surface area (TPSA) is 79.5 Å². The largest absolute Gasteiger partial charge is 0.475 e. The van der Waals surface area contributed by atoms with Crippen molar-refractivity contribution >= 4 is 16.8 Å². The van der Waals surface area contributed by atoms with Gasteiger partial charge in [-0.25, -0.2) is 4.79 Å². The molecule has 2 N–H and O–H groups in total. The Hall–Kier alpha value is -1.14. The van der Waals surface area contributed by atoms with Crippen molar-refractivity contribution in [3.05, 3.63) is 23.2 Å². The molecule has 17 heavy (non-hydrogen) atoms. The van der Waals surface area contributed by atoms with Crippen molar-refractivity contribution < 1.29 is 18.5 Å². The molecule has 0 aromatic carbocycles. The number of hydrogen-bond donors (Lipinski definition) is 2. The molecule has 5 nitrogen and oxygen atoms in total. The van der Waals surface area contributed by atoms with Crippen LogP contribution in [0.3, 0.4) is 0 Å². The van der Waals surface area contributed by atoms with Crippen molar-refractivity contribution in [1.82, 2.24) is 5.32 Å². The molecular formula is C11H17NO4S. The van der Waals surface area contributed by atoms with Gasteiger partial charge in [-0.05, 0) is 13.0 Å². The summed E-state index contributed by atoms with van der Waals surface area (Å²) >= 11 is 0. The van der Waals surface area contributed by atoms with E-state index in [1.807, 2.05) is 6.92 Å². The van der Waals surface area contributed by atoms with E-state index in [-0.39, 0.29) is 5.76 Å². The summed E-state index contributed by atoms with van der Waals surface area (Å²) in [5.74, 6) is 0.767. The average Bonchev–Trinajstić information content (AvgIpc) is 2.66. The molecule has 0 aliphatic rings. The summed E-state index contributed by atoms with van der Waals surface area (Å²) in [6.07, 6.45) is 0. The lowest BCUT2D eigenvalue weighted by molar-refractivity contribution is 0.0661. The Morgan fingerprint density at radius 1 is 1.59 bits per heavy atom. The molecule has 6 heteroatoms. The number of aromatic carboxylic acids is 1. The van der Waals surface area contributed by atoms with E-state index in [4.69, 9.17) is 9.52 Å². The molecule has 1 heterocycles. The van der Waals surface area contributed by atoms with Gasteiger partial charge < -0.3 is 14.8 Å². The molecule has 0 radical (unpaired) electrons. The Bertz CT molecular complexity index is 414. The van der Waals surface area contributed by atoms with Gasteiger partial charge in [-0.3, -0.25) is 4.21 Å². The second kappa shape index (κ2) is 6.56. The molecule has 0 aliphatic carbocycles. The highest BCUT2D eigenvalue weighted by molar-refractivity contribution is 7.84. The van der Waals surface area contributed by atoms with Gasteiger partial charge in [-0.2, -0.15) is 0 Å². The summed E-state index contributed by atoms with van der Waals surface area (Å²) in [7, 11) is -0.772. The first kappa shape index (κ1) is 13.9. The van der Waals surface area contributed by atoms with Gasteiger partial charge in [0.1, 0.15) is 5.76 Å². The zero-order chi connectivity index (χ0) is 12.8. The number of furan rings is 1. The van der Waals surface area contributed by atoms with E-state index in [1.165, 1.54) is 6.07 Å². The SMILES string of the molecule is CCS(=O)CCNCc1cc(C(=O)O)oc1C. The average molecular weight is 259 g/mol. The fraction of sp³-hybridized carbons (Fsp3) is 0.545. The van der Waals surface area contributed by atoms with E-state index in [2.05, 4.69) is 5.32 Å². The van der Waals surface area contributed by atoms with Crippen LogP contribution < -0.4 is 5.32 Å². The minimum atomic E-state index is -1.06. The van der Waals surface area contributed by atoms with E-state index < -0.39 is 16.8 Å². The molecule has 0 saturated heterocycles. The minimum Gasteiger partial charge on any atom is -0.475 e. The zero-order valence-corrected chi connectivity index (χ0v) is 10.8. The van der Waals surface area contributed by atoms with E-state index >= 15 is 0 Å². The molecule has 1 aromatic rings. The highest BCUT2D eigenvalue weighted by Crippen LogP contribution is 2.14. The quantitative estimate of drug-likeness (QED) is 0.718. The maximum atomic E-state index is 11.2. The summed E-state index contributed by atoms with van der Waals surface area (Å²) in [6, 6.07) is 1.52. The van der Waals surface area contributed by atoms with Crippen LogP contribution in [0.2, 0.25) is 0 Å². The molecule has 0 spiro atoms. The lowest BCUT2D eigenvalue weighted by Gasteiger charge is -2.02. The van der Waals surface area contributed by atoms with Gasteiger partial charge in [0.2, 0.25) is 5.76 Å². The maximum absolute atomic E-state index is 11.2. The first-order valence-corrected chi connectivity index (χ1v) is 6.91. The van der Waals surface area contributed by atoms with Crippen LogP contribution in [-0.2, 0) is 17.3 Å².